The van der Waals surface area contributed by atoms with Crippen LogP contribution in [0.4, 0.5) is 0 Å². The highest BCUT2D eigenvalue weighted by Gasteiger charge is 2.36. The first-order chi connectivity index (χ1) is 16.1. The quantitative estimate of drug-likeness (QED) is 0.601. The molecule has 4 heterocycles. The lowest BCUT2D eigenvalue weighted by molar-refractivity contribution is -0.134. The Kier molecular flexibility index (Phi) is 5.83. The molecule has 2 amide bonds. The van der Waals surface area contributed by atoms with Crippen molar-refractivity contribution < 1.29 is 18.4 Å². The van der Waals surface area contributed by atoms with E-state index in [1.54, 1.807) is 28.3 Å². The second kappa shape index (κ2) is 9.07. The van der Waals surface area contributed by atoms with E-state index < -0.39 is 0 Å². The highest BCUT2D eigenvalue weighted by Crippen LogP contribution is 2.33. The molecule has 0 N–H and O–H groups in total. The summed E-state index contributed by atoms with van der Waals surface area (Å²) in [6, 6.07) is 15.0. The summed E-state index contributed by atoms with van der Waals surface area (Å²) < 4.78 is 10.9. The van der Waals surface area contributed by atoms with Crippen molar-refractivity contribution in [1.29, 1.82) is 0 Å². The van der Waals surface area contributed by atoms with Crippen LogP contribution >= 0.6 is 0 Å². The lowest BCUT2D eigenvalue weighted by Crippen LogP contribution is -2.51. The highest BCUT2D eigenvalue weighted by atomic mass is 16.3. The van der Waals surface area contributed by atoms with Gasteiger partial charge in [-0.3, -0.25) is 14.5 Å². The van der Waals surface area contributed by atoms with E-state index in [4.69, 9.17) is 13.9 Å². The molecule has 33 heavy (non-hydrogen) atoms. The van der Waals surface area contributed by atoms with Gasteiger partial charge in [0.25, 0.3) is 11.8 Å². The normalized spacial score (nSPS) is 19.1. The van der Waals surface area contributed by atoms with Gasteiger partial charge in [0, 0.05) is 32.6 Å². The third-order valence-electron chi connectivity index (χ3n) is 6.17. The molecule has 0 aliphatic carbocycles. The number of furan rings is 2. The monoisotopic (exact) mass is 446 g/mol. The Balaban J connectivity index is 1.26. The number of aryl methyl sites for hydroxylation is 1. The Morgan fingerprint density at radius 1 is 0.970 bits per heavy atom. The van der Waals surface area contributed by atoms with Crippen molar-refractivity contribution in [3.8, 4) is 0 Å². The smallest absolute Gasteiger partial charge is 0.289 e. The molecule has 170 valence electrons. The molecule has 3 aromatic rings. The van der Waals surface area contributed by atoms with E-state index in [2.05, 4.69) is 4.90 Å². The standard InChI is InChI=1S/C25H26N4O4/c1-18-6-8-19(9-7-18)20-16-21(22-4-2-14-32-22)29(26-20)24(30)17-27-10-12-28(13-11-27)25(31)23-5-3-15-33-23/h2-9,14-15,21H,10-13,16-17H2,1H3. The Labute approximate surface area is 192 Å². The van der Waals surface area contributed by atoms with Gasteiger partial charge in [0.1, 0.15) is 11.8 Å². The number of carbonyl (C=O) groups is 2. The van der Waals surface area contributed by atoms with Crippen molar-refractivity contribution in [1.82, 2.24) is 14.8 Å². The van der Waals surface area contributed by atoms with E-state index in [1.165, 1.54) is 11.8 Å². The molecule has 2 aliphatic rings. The molecule has 1 atom stereocenters. The fraction of sp³-hybridized carbons (Fsp3) is 0.320. The first kappa shape index (κ1) is 21.2. The average molecular weight is 447 g/mol. The van der Waals surface area contributed by atoms with E-state index in [0.717, 1.165) is 17.0 Å². The maximum absolute atomic E-state index is 13.3. The molecule has 5 rings (SSSR count). The van der Waals surface area contributed by atoms with E-state index in [9.17, 15) is 9.59 Å². The van der Waals surface area contributed by atoms with Crippen LogP contribution in [0.15, 0.2) is 75.0 Å². The van der Waals surface area contributed by atoms with Gasteiger partial charge >= 0.3 is 0 Å². The summed E-state index contributed by atoms with van der Waals surface area (Å²) in [5, 5.41) is 6.27. The van der Waals surface area contributed by atoms with Crippen LogP contribution in [0.5, 0.6) is 0 Å². The molecule has 2 aromatic heterocycles. The summed E-state index contributed by atoms with van der Waals surface area (Å²) in [4.78, 5) is 29.6. The Morgan fingerprint density at radius 2 is 1.70 bits per heavy atom. The van der Waals surface area contributed by atoms with Crippen LogP contribution in [0.3, 0.4) is 0 Å². The number of nitrogens with zero attached hydrogens (tertiary/aromatic N) is 4. The number of rotatable bonds is 5. The summed E-state index contributed by atoms with van der Waals surface area (Å²) in [5.41, 5.74) is 3.06. The summed E-state index contributed by atoms with van der Waals surface area (Å²) in [7, 11) is 0. The van der Waals surface area contributed by atoms with Crippen LogP contribution in [-0.4, -0.2) is 65.1 Å². The Hall–Kier alpha value is -3.65. The molecular weight excluding hydrogens is 420 g/mol. The third-order valence-corrected chi connectivity index (χ3v) is 6.17. The predicted molar refractivity (Wildman–Crippen MR) is 122 cm³/mol. The van der Waals surface area contributed by atoms with Gasteiger partial charge in [-0.1, -0.05) is 29.8 Å². The number of hydrogen-bond donors (Lipinski definition) is 0. The second-order valence-corrected chi connectivity index (χ2v) is 8.43. The molecule has 1 fully saturated rings. The minimum absolute atomic E-state index is 0.0793. The average Bonchev–Trinajstić information content (AvgIpc) is 3.61. The minimum Gasteiger partial charge on any atom is -0.467 e. The molecule has 1 saturated heterocycles. The van der Waals surface area contributed by atoms with Crippen LogP contribution in [0.2, 0.25) is 0 Å². The van der Waals surface area contributed by atoms with Gasteiger partial charge in [-0.05, 0) is 36.8 Å². The molecule has 0 saturated carbocycles. The maximum atomic E-state index is 13.3. The molecule has 1 aromatic carbocycles. The van der Waals surface area contributed by atoms with Crippen molar-refractivity contribution in [2.45, 2.75) is 19.4 Å². The topological polar surface area (TPSA) is 82.5 Å². The van der Waals surface area contributed by atoms with Gasteiger partial charge in [0.05, 0.1) is 24.8 Å². The number of amides is 2. The van der Waals surface area contributed by atoms with Gasteiger partial charge in [0.15, 0.2) is 5.76 Å². The molecule has 8 nitrogen and oxygen atoms in total. The van der Waals surface area contributed by atoms with Gasteiger partial charge in [-0.2, -0.15) is 5.10 Å². The molecule has 0 radical (unpaired) electrons. The third kappa shape index (κ3) is 4.47. The number of piperazine rings is 1. The van der Waals surface area contributed by atoms with Crippen LogP contribution in [-0.2, 0) is 4.79 Å². The number of benzene rings is 1. The SMILES string of the molecule is Cc1ccc(C2=NN(C(=O)CN3CCN(C(=O)c4ccco4)CC3)C(c3ccco3)C2)cc1. The zero-order chi connectivity index (χ0) is 22.8. The van der Waals surface area contributed by atoms with Gasteiger partial charge < -0.3 is 13.7 Å². The summed E-state index contributed by atoms with van der Waals surface area (Å²) in [6.45, 7) is 4.62. The largest absolute Gasteiger partial charge is 0.467 e. The molecular formula is C25H26N4O4. The number of carbonyl (C=O) groups excluding carboxylic acids is 2. The van der Waals surface area contributed by atoms with Crippen LogP contribution in [0.1, 0.15) is 39.9 Å². The summed E-state index contributed by atoms with van der Waals surface area (Å²) in [5.74, 6) is 0.874. The Bertz CT molecular complexity index is 1130. The number of hydrogen-bond acceptors (Lipinski definition) is 6. The molecule has 1 unspecified atom stereocenters. The van der Waals surface area contributed by atoms with Gasteiger partial charge in [0.2, 0.25) is 0 Å². The first-order valence-electron chi connectivity index (χ1n) is 11.1. The van der Waals surface area contributed by atoms with Crippen molar-refractivity contribution >= 4 is 17.5 Å². The number of hydrazone groups is 1. The van der Waals surface area contributed by atoms with Crippen molar-refractivity contribution in [2.24, 2.45) is 5.10 Å². The zero-order valence-corrected chi connectivity index (χ0v) is 18.5. The fourth-order valence-corrected chi connectivity index (χ4v) is 4.29. The lowest BCUT2D eigenvalue weighted by Gasteiger charge is -2.34. The van der Waals surface area contributed by atoms with Crippen LogP contribution in [0, 0.1) is 6.92 Å². The lowest BCUT2D eigenvalue weighted by atomic mass is 10.0. The fourth-order valence-electron chi connectivity index (χ4n) is 4.29. The molecule has 0 spiro atoms. The van der Waals surface area contributed by atoms with E-state index >= 15 is 0 Å². The van der Waals surface area contributed by atoms with E-state index in [1.807, 2.05) is 43.3 Å². The van der Waals surface area contributed by atoms with Gasteiger partial charge in [-0.15, -0.1) is 0 Å². The first-order valence-corrected chi connectivity index (χ1v) is 11.1. The van der Waals surface area contributed by atoms with Crippen molar-refractivity contribution in [2.75, 3.05) is 32.7 Å². The molecule has 0 bridgehead atoms. The minimum atomic E-state index is -0.259. The van der Waals surface area contributed by atoms with Crippen molar-refractivity contribution in [3.63, 3.8) is 0 Å². The maximum Gasteiger partial charge on any atom is 0.289 e. The van der Waals surface area contributed by atoms with Crippen LogP contribution < -0.4 is 0 Å². The van der Waals surface area contributed by atoms with Gasteiger partial charge in [-0.25, -0.2) is 5.01 Å². The molecule has 2 aliphatic heterocycles. The van der Waals surface area contributed by atoms with E-state index in [-0.39, 0.29) is 24.4 Å². The predicted octanol–water partition coefficient (Wildman–Crippen LogP) is 3.32. The summed E-state index contributed by atoms with van der Waals surface area (Å²) >= 11 is 0. The Morgan fingerprint density at radius 3 is 2.36 bits per heavy atom. The molecule has 8 heteroatoms. The second-order valence-electron chi connectivity index (χ2n) is 8.43. The zero-order valence-electron chi connectivity index (χ0n) is 18.5. The van der Waals surface area contributed by atoms with Crippen LogP contribution in [0.25, 0.3) is 0 Å². The highest BCUT2D eigenvalue weighted by molar-refractivity contribution is 6.03. The summed E-state index contributed by atoms with van der Waals surface area (Å²) in [6.07, 6.45) is 3.73. The van der Waals surface area contributed by atoms with Crippen molar-refractivity contribution in [3.05, 3.63) is 83.7 Å². The van der Waals surface area contributed by atoms with E-state index in [0.29, 0.717) is 38.4 Å².